The van der Waals surface area contributed by atoms with E-state index in [-0.39, 0.29) is 16.9 Å². The van der Waals surface area contributed by atoms with Crippen molar-refractivity contribution in [1.29, 1.82) is 0 Å². The first-order valence-electron chi connectivity index (χ1n) is 6.23. The number of alkyl halides is 3. The van der Waals surface area contributed by atoms with E-state index >= 15 is 0 Å². The molecule has 0 unspecified atom stereocenters. The van der Waals surface area contributed by atoms with E-state index in [0.717, 1.165) is 6.07 Å². The predicted molar refractivity (Wildman–Crippen MR) is 72.4 cm³/mol. The lowest BCUT2D eigenvalue weighted by molar-refractivity contribution is -0.136. The first-order valence-corrected chi connectivity index (χ1v) is 6.23. The van der Waals surface area contributed by atoms with E-state index in [2.05, 4.69) is 15.4 Å². The lowest BCUT2D eigenvalue weighted by atomic mass is 10.1. The number of halogens is 3. The quantitative estimate of drug-likeness (QED) is 0.792. The van der Waals surface area contributed by atoms with Gasteiger partial charge in [-0.25, -0.2) is 9.50 Å². The number of fused-ring (bicyclic) bond motifs is 1. The summed E-state index contributed by atoms with van der Waals surface area (Å²) in [4.78, 5) is 16.2. The second kappa shape index (κ2) is 5.14. The van der Waals surface area contributed by atoms with Crippen molar-refractivity contribution in [2.75, 3.05) is 5.32 Å². The summed E-state index contributed by atoms with van der Waals surface area (Å²) < 4.78 is 40.1. The van der Waals surface area contributed by atoms with Crippen LogP contribution in [0.5, 0.6) is 0 Å². The minimum absolute atomic E-state index is 0.0950. The molecule has 3 rings (SSSR count). The van der Waals surface area contributed by atoms with E-state index in [4.69, 9.17) is 0 Å². The number of amides is 1. The molecule has 0 bridgehead atoms. The SMILES string of the molecule is O=C(Nc1ccccc1C(F)(F)F)c1cnn2cccnc12. The maximum Gasteiger partial charge on any atom is 0.418 e. The Hall–Kier alpha value is -2.90. The Morgan fingerprint density at radius 2 is 1.95 bits per heavy atom. The molecule has 1 amide bonds. The van der Waals surface area contributed by atoms with Crippen molar-refractivity contribution >= 4 is 17.2 Å². The Morgan fingerprint density at radius 3 is 2.73 bits per heavy atom. The van der Waals surface area contributed by atoms with Crippen LogP contribution >= 0.6 is 0 Å². The zero-order valence-corrected chi connectivity index (χ0v) is 11.0. The molecule has 0 radical (unpaired) electrons. The molecule has 5 nitrogen and oxygen atoms in total. The fourth-order valence-electron chi connectivity index (χ4n) is 2.02. The minimum Gasteiger partial charge on any atom is -0.321 e. The Morgan fingerprint density at radius 1 is 1.18 bits per heavy atom. The highest BCUT2D eigenvalue weighted by atomic mass is 19.4. The van der Waals surface area contributed by atoms with Crippen molar-refractivity contribution in [1.82, 2.24) is 14.6 Å². The van der Waals surface area contributed by atoms with Crippen molar-refractivity contribution < 1.29 is 18.0 Å². The maximum atomic E-state index is 12.9. The van der Waals surface area contributed by atoms with Crippen LogP contribution in [0.15, 0.2) is 48.9 Å². The van der Waals surface area contributed by atoms with Crippen LogP contribution in [0.4, 0.5) is 18.9 Å². The first-order chi connectivity index (χ1) is 10.5. The molecular formula is C14H9F3N4O. The number of hydrogen-bond donors (Lipinski definition) is 1. The number of carbonyl (C=O) groups is 1. The molecule has 0 aliphatic heterocycles. The Kier molecular flexibility index (Phi) is 3.28. The van der Waals surface area contributed by atoms with Crippen LogP contribution in [0.1, 0.15) is 15.9 Å². The second-order valence-corrected chi connectivity index (χ2v) is 4.44. The summed E-state index contributed by atoms with van der Waals surface area (Å²) in [6, 6.07) is 6.40. The van der Waals surface area contributed by atoms with Crippen molar-refractivity contribution in [3.63, 3.8) is 0 Å². The lowest BCUT2D eigenvalue weighted by Crippen LogP contribution is -2.16. The van der Waals surface area contributed by atoms with Gasteiger partial charge in [0.2, 0.25) is 0 Å². The van der Waals surface area contributed by atoms with E-state index in [9.17, 15) is 18.0 Å². The van der Waals surface area contributed by atoms with Gasteiger partial charge in [-0.1, -0.05) is 12.1 Å². The third-order valence-electron chi connectivity index (χ3n) is 3.00. The maximum absolute atomic E-state index is 12.9. The number of para-hydroxylation sites is 1. The average molecular weight is 306 g/mol. The molecular weight excluding hydrogens is 297 g/mol. The summed E-state index contributed by atoms with van der Waals surface area (Å²) in [5, 5.41) is 6.18. The van der Waals surface area contributed by atoms with Crippen LogP contribution in [-0.2, 0) is 6.18 Å². The average Bonchev–Trinajstić information content (AvgIpc) is 2.90. The van der Waals surface area contributed by atoms with Crippen LogP contribution in [0.25, 0.3) is 5.65 Å². The van der Waals surface area contributed by atoms with Gasteiger partial charge >= 0.3 is 6.18 Å². The normalized spacial score (nSPS) is 11.6. The molecule has 1 N–H and O–H groups in total. The summed E-state index contributed by atoms with van der Waals surface area (Å²) in [5.41, 5.74) is -0.856. The van der Waals surface area contributed by atoms with E-state index in [1.54, 1.807) is 12.3 Å². The third kappa shape index (κ3) is 2.50. The second-order valence-electron chi connectivity index (χ2n) is 4.44. The largest absolute Gasteiger partial charge is 0.418 e. The Bertz CT molecular complexity index is 841. The van der Waals surface area contributed by atoms with Crippen molar-refractivity contribution in [2.24, 2.45) is 0 Å². The summed E-state index contributed by atoms with van der Waals surface area (Å²) in [6.07, 6.45) is -0.239. The Labute approximate surface area is 122 Å². The molecule has 0 atom stereocenters. The highest BCUT2D eigenvalue weighted by Crippen LogP contribution is 2.34. The highest BCUT2D eigenvalue weighted by Gasteiger charge is 2.33. The monoisotopic (exact) mass is 306 g/mol. The first kappa shape index (κ1) is 14.1. The molecule has 0 aliphatic rings. The van der Waals surface area contributed by atoms with Gasteiger partial charge in [-0.3, -0.25) is 4.79 Å². The molecule has 0 aliphatic carbocycles. The van der Waals surface area contributed by atoms with Crippen molar-refractivity contribution in [2.45, 2.75) is 6.18 Å². The van der Waals surface area contributed by atoms with Gasteiger partial charge in [0.25, 0.3) is 5.91 Å². The molecule has 112 valence electrons. The molecule has 0 saturated carbocycles. The van der Waals surface area contributed by atoms with Crippen LogP contribution in [-0.4, -0.2) is 20.5 Å². The molecule has 0 fully saturated rings. The van der Waals surface area contributed by atoms with Gasteiger partial charge in [0.1, 0.15) is 5.56 Å². The molecule has 0 saturated heterocycles. The van der Waals surface area contributed by atoms with E-state index in [0.29, 0.717) is 0 Å². The molecule has 3 aromatic rings. The third-order valence-corrected chi connectivity index (χ3v) is 3.00. The van der Waals surface area contributed by atoms with Gasteiger partial charge in [0.15, 0.2) is 5.65 Å². The fraction of sp³-hybridized carbons (Fsp3) is 0.0714. The fourth-order valence-corrected chi connectivity index (χ4v) is 2.02. The minimum atomic E-state index is -4.55. The number of aromatic nitrogens is 3. The smallest absolute Gasteiger partial charge is 0.321 e. The lowest BCUT2D eigenvalue weighted by Gasteiger charge is -2.13. The van der Waals surface area contributed by atoms with Crippen LogP contribution in [0.3, 0.4) is 0 Å². The van der Waals surface area contributed by atoms with Crippen LogP contribution in [0, 0.1) is 0 Å². The molecule has 1 aromatic carbocycles. The van der Waals surface area contributed by atoms with Gasteiger partial charge < -0.3 is 5.32 Å². The highest BCUT2D eigenvalue weighted by molar-refractivity contribution is 6.08. The molecule has 0 spiro atoms. The standard InChI is InChI=1S/C14H9F3N4O/c15-14(16,17)10-4-1-2-5-11(10)20-13(22)9-8-19-21-7-3-6-18-12(9)21/h1-8H,(H,20,22). The summed E-state index contributed by atoms with van der Waals surface area (Å²) in [7, 11) is 0. The van der Waals surface area contributed by atoms with Crippen molar-refractivity contribution in [3.05, 3.63) is 60.0 Å². The number of anilines is 1. The number of carbonyl (C=O) groups excluding carboxylic acids is 1. The number of benzene rings is 1. The van der Waals surface area contributed by atoms with Gasteiger partial charge in [-0.15, -0.1) is 0 Å². The zero-order chi connectivity index (χ0) is 15.7. The number of nitrogens with one attached hydrogen (secondary N) is 1. The Balaban J connectivity index is 1.96. The van der Waals surface area contributed by atoms with E-state index < -0.39 is 17.6 Å². The summed E-state index contributed by atoms with van der Waals surface area (Å²) in [6.45, 7) is 0. The van der Waals surface area contributed by atoms with E-state index in [1.807, 2.05) is 0 Å². The molecule has 2 heterocycles. The topological polar surface area (TPSA) is 59.3 Å². The molecule has 2 aromatic heterocycles. The number of rotatable bonds is 2. The summed E-state index contributed by atoms with van der Waals surface area (Å²) >= 11 is 0. The van der Waals surface area contributed by atoms with Gasteiger partial charge in [0.05, 0.1) is 17.4 Å². The van der Waals surface area contributed by atoms with Gasteiger partial charge in [-0.2, -0.15) is 18.3 Å². The molecule has 8 heteroatoms. The van der Waals surface area contributed by atoms with Crippen LogP contribution in [0.2, 0.25) is 0 Å². The number of hydrogen-bond acceptors (Lipinski definition) is 3. The molecule has 22 heavy (non-hydrogen) atoms. The van der Waals surface area contributed by atoms with E-state index in [1.165, 1.54) is 35.1 Å². The zero-order valence-electron chi connectivity index (χ0n) is 11.0. The van der Waals surface area contributed by atoms with Crippen molar-refractivity contribution in [3.8, 4) is 0 Å². The van der Waals surface area contributed by atoms with Gasteiger partial charge in [0, 0.05) is 12.4 Å². The predicted octanol–water partition coefficient (Wildman–Crippen LogP) is 3.00. The van der Waals surface area contributed by atoms with Crippen LogP contribution < -0.4 is 5.32 Å². The number of nitrogens with zero attached hydrogens (tertiary/aromatic N) is 3. The summed E-state index contributed by atoms with van der Waals surface area (Å²) in [5.74, 6) is -0.703. The van der Waals surface area contributed by atoms with Gasteiger partial charge in [-0.05, 0) is 18.2 Å².